The van der Waals surface area contributed by atoms with Crippen LogP contribution in [-0.2, 0) is 23.0 Å². The number of hydrogen-bond donors (Lipinski definition) is 1. The minimum Gasteiger partial charge on any atom is -0.351 e. The van der Waals surface area contributed by atoms with E-state index in [1.54, 1.807) is 0 Å². The molecule has 0 spiro atoms. The van der Waals surface area contributed by atoms with Crippen molar-refractivity contribution < 1.29 is 17.6 Å². The first-order chi connectivity index (χ1) is 12.0. The maximum atomic E-state index is 12.9. The molecule has 0 aromatic heterocycles. The molecule has 132 valence electrons. The fourth-order valence-electron chi connectivity index (χ4n) is 2.83. The molecule has 2 aromatic carbocycles. The van der Waals surface area contributed by atoms with E-state index in [1.807, 2.05) is 24.3 Å². The van der Waals surface area contributed by atoms with Gasteiger partial charge in [-0.3, -0.25) is 4.79 Å². The molecule has 0 bridgehead atoms. The maximum Gasteiger partial charge on any atom is 0.251 e. The number of fused-ring (bicyclic) bond motifs is 1. The second-order valence-corrected chi connectivity index (χ2v) is 8.02. The van der Waals surface area contributed by atoms with Gasteiger partial charge in [0.25, 0.3) is 5.91 Å². The molecule has 0 saturated carbocycles. The van der Waals surface area contributed by atoms with E-state index in [-0.39, 0.29) is 12.3 Å². The van der Waals surface area contributed by atoms with E-state index >= 15 is 0 Å². The number of benzene rings is 2. The average molecular weight is 362 g/mol. The van der Waals surface area contributed by atoms with Crippen LogP contribution in [0.5, 0.6) is 0 Å². The largest absolute Gasteiger partial charge is 0.351 e. The van der Waals surface area contributed by atoms with Gasteiger partial charge in [0, 0.05) is 25.2 Å². The SMILES string of the molecule is O=C(NCCS(=O)(=O)N1CCc2ccccc2C1)c1ccc(F)cc1. The van der Waals surface area contributed by atoms with Gasteiger partial charge < -0.3 is 5.32 Å². The highest BCUT2D eigenvalue weighted by Gasteiger charge is 2.26. The lowest BCUT2D eigenvalue weighted by atomic mass is 10.0. The Morgan fingerprint density at radius 1 is 1.08 bits per heavy atom. The van der Waals surface area contributed by atoms with Crippen LogP contribution in [0.3, 0.4) is 0 Å². The van der Waals surface area contributed by atoms with Gasteiger partial charge in [-0.2, -0.15) is 4.31 Å². The molecule has 3 rings (SSSR count). The van der Waals surface area contributed by atoms with Crippen molar-refractivity contribution in [2.75, 3.05) is 18.8 Å². The van der Waals surface area contributed by atoms with E-state index in [1.165, 1.54) is 34.1 Å². The van der Waals surface area contributed by atoms with Crippen LogP contribution in [0.15, 0.2) is 48.5 Å². The van der Waals surface area contributed by atoms with Gasteiger partial charge in [-0.1, -0.05) is 24.3 Å². The van der Waals surface area contributed by atoms with Crippen LogP contribution < -0.4 is 5.32 Å². The highest BCUT2D eigenvalue weighted by molar-refractivity contribution is 7.89. The number of halogens is 1. The van der Waals surface area contributed by atoms with Gasteiger partial charge in [-0.15, -0.1) is 0 Å². The first kappa shape index (κ1) is 17.6. The number of rotatable bonds is 5. The predicted molar refractivity (Wildman–Crippen MR) is 93.1 cm³/mol. The van der Waals surface area contributed by atoms with Crippen molar-refractivity contribution in [2.45, 2.75) is 13.0 Å². The quantitative estimate of drug-likeness (QED) is 0.884. The highest BCUT2D eigenvalue weighted by atomic mass is 32.2. The molecule has 1 amide bonds. The van der Waals surface area contributed by atoms with Crippen LogP contribution in [0.2, 0.25) is 0 Å². The molecule has 0 fully saturated rings. The van der Waals surface area contributed by atoms with Gasteiger partial charge in [0.1, 0.15) is 5.82 Å². The van der Waals surface area contributed by atoms with Crippen LogP contribution in [0.1, 0.15) is 21.5 Å². The van der Waals surface area contributed by atoms with Gasteiger partial charge in [0.2, 0.25) is 10.0 Å². The van der Waals surface area contributed by atoms with Gasteiger partial charge in [-0.05, 0) is 41.8 Å². The zero-order valence-electron chi connectivity index (χ0n) is 13.6. The molecule has 0 unspecified atom stereocenters. The fourth-order valence-corrected chi connectivity index (χ4v) is 4.16. The van der Waals surface area contributed by atoms with E-state index in [9.17, 15) is 17.6 Å². The summed E-state index contributed by atoms with van der Waals surface area (Å²) in [5.41, 5.74) is 2.50. The summed E-state index contributed by atoms with van der Waals surface area (Å²) in [5, 5.41) is 2.57. The smallest absolute Gasteiger partial charge is 0.251 e. The van der Waals surface area contributed by atoms with Crippen LogP contribution in [0.25, 0.3) is 0 Å². The summed E-state index contributed by atoms with van der Waals surface area (Å²) in [6, 6.07) is 12.9. The summed E-state index contributed by atoms with van der Waals surface area (Å²) in [4.78, 5) is 11.9. The summed E-state index contributed by atoms with van der Waals surface area (Å²) in [5.74, 6) is -1.01. The Bertz CT molecular complexity index is 866. The van der Waals surface area contributed by atoms with Gasteiger partial charge in [-0.25, -0.2) is 12.8 Å². The zero-order valence-corrected chi connectivity index (χ0v) is 14.4. The third kappa shape index (κ3) is 4.24. The van der Waals surface area contributed by atoms with E-state index in [0.717, 1.165) is 5.56 Å². The highest BCUT2D eigenvalue weighted by Crippen LogP contribution is 2.20. The standard InChI is InChI=1S/C18H19FN2O3S/c19-17-7-5-15(6-8-17)18(22)20-10-12-25(23,24)21-11-9-14-3-1-2-4-16(14)13-21/h1-8H,9-13H2,(H,20,22). The van der Waals surface area contributed by atoms with Crippen molar-refractivity contribution in [2.24, 2.45) is 0 Å². The molecule has 0 aliphatic carbocycles. The number of carbonyl (C=O) groups excluding carboxylic acids is 1. The first-order valence-electron chi connectivity index (χ1n) is 8.04. The maximum absolute atomic E-state index is 12.9. The molecule has 1 heterocycles. The molecule has 0 saturated heterocycles. The first-order valence-corrected chi connectivity index (χ1v) is 9.65. The summed E-state index contributed by atoms with van der Waals surface area (Å²) >= 11 is 0. The third-order valence-electron chi connectivity index (χ3n) is 4.24. The fraction of sp³-hybridized carbons (Fsp3) is 0.278. The lowest BCUT2D eigenvalue weighted by Crippen LogP contribution is -2.40. The minimum atomic E-state index is -3.45. The molecule has 1 N–H and O–H groups in total. The predicted octanol–water partition coefficient (Wildman–Crippen LogP) is 1.94. The number of carbonyl (C=O) groups is 1. The topological polar surface area (TPSA) is 66.5 Å². The van der Waals surface area contributed by atoms with Crippen LogP contribution in [0, 0.1) is 5.82 Å². The summed E-state index contributed by atoms with van der Waals surface area (Å²) in [7, 11) is -3.45. The van der Waals surface area contributed by atoms with Crippen molar-refractivity contribution in [3.63, 3.8) is 0 Å². The Kier molecular flexibility index (Phi) is 5.15. The molecular weight excluding hydrogens is 343 g/mol. The number of amides is 1. The van der Waals surface area contributed by atoms with Gasteiger partial charge in [0.05, 0.1) is 5.75 Å². The van der Waals surface area contributed by atoms with E-state index in [4.69, 9.17) is 0 Å². The van der Waals surface area contributed by atoms with Crippen molar-refractivity contribution >= 4 is 15.9 Å². The average Bonchev–Trinajstić information content (AvgIpc) is 2.61. The van der Waals surface area contributed by atoms with Crippen molar-refractivity contribution in [1.29, 1.82) is 0 Å². The normalized spacial score (nSPS) is 14.8. The van der Waals surface area contributed by atoms with Crippen LogP contribution in [-0.4, -0.2) is 37.5 Å². The molecular formula is C18H19FN2O3S. The second kappa shape index (κ2) is 7.33. The summed E-state index contributed by atoms with van der Waals surface area (Å²) < 4.78 is 39.3. The molecule has 25 heavy (non-hydrogen) atoms. The number of nitrogens with zero attached hydrogens (tertiary/aromatic N) is 1. The number of sulfonamides is 1. The second-order valence-electron chi connectivity index (χ2n) is 5.93. The van der Waals surface area contributed by atoms with Crippen molar-refractivity contribution in [3.05, 3.63) is 71.0 Å². The molecule has 5 nitrogen and oxygen atoms in total. The van der Waals surface area contributed by atoms with Crippen molar-refractivity contribution in [3.8, 4) is 0 Å². The summed E-state index contributed by atoms with van der Waals surface area (Å²) in [6.07, 6.45) is 0.692. The van der Waals surface area contributed by atoms with Gasteiger partial charge in [0.15, 0.2) is 0 Å². The number of hydrogen-bond acceptors (Lipinski definition) is 3. The number of nitrogens with one attached hydrogen (secondary N) is 1. The Morgan fingerprint density at radius 2 is 1.76 bits per heavy atom. The zero-order chi connectivity index (χ0) is 17.9. The van der Waals surface area contributed by atoms with E-state index in [0.29, 0.717) is 25.1 Å². The Balaban J connectivity index is 1.56. The van der Waals surface area contributed by atoms with E-state index in [2.05, 4.69) is 5.32 Å². The van der Waals surface area contributed by atoms with E-state index < -0.39 is 21.7 Å². The molecule has 0 radical (unpaired) electrons. The third-order valence-corrected chi connectivity index (χ3v) is 6.06. The van der Waals surface area contributed by atoms with Crippen molar-refractivity contribution in [1.82, 2.24) is 9.62 Å². The Hall–Kier alpha value is -2.25. The Morgan fingerprint density at radius 3 is 2.48 bits per heavy atom. The van der Waals surface area contributed by atoms with Crippen LogP contribution >= 0.6 is 0 Å². The van der Waals surface area contributed by atoms with Gasteiger partial charge >= 0.3 is 0 Å². The van der Waals surface area contributed by atoms with Crippen LogP contribution in [0.4, 0.5) is 4.39 Å². The lowest BCUT2D eigenvalue weighted by molar-refractivity contribution is 0.0956. The molecule has 1 aliphatic heterocycles. The summed E-state index contributed by atoms with van der Waals surface area (Å²) in [6.45, 7) is 0.826. The monoisotopic (exact) mass is 362 g/mol. The minimum absolute atomic E-state index is 0.0106. The Labute approximate surface area is 146 Å². The molecule has 7 heteroatoms. The lowest BCUT2D eigenvalue weighted by Gasteiger charge is -2.28. The molecule has 0 atom stereocenters. The molecule has 2 aromatic rings. The molecule has 1 aliphatic rings.